The van der Waals surface area contributed by atoms with Gasteiger partial charge in [0.15, 0.2) is 0 Å². The van der Waals surface area contributed by atoms with Crippen molar-refractivity contribution in [2.24, 2.45) is 10.2 Å². The summed E-state index contributed by atoms with van der Waals surface area (Å²) in [6, 6.07) is 20.8. The molecule has 0 saturated heterocycles. The van der Waals surface area contributed by atoms with Crippen molar-refractivity contribution in [1.82, 2.24) is 0 Å². The van der Waals surface area contributed by atoms with Gasteiger partial charge in [-0.25, -0.2) is 0 Å². The summed E-state index contributed by atoms with van der Waals surface area (Å²) < 4.78 is 0. The van der Waals surface area contributed by atoms with E-state index in [1.54, 1.807) is 19.1 Å². The molecule has 128 valence electrons. The molecule has 0 amide bonds. The highest BCUT2D eigenvalue weighted by atomic mass is 32.1. The molecular weight excluding hydrogens is 344 g/mol. The van der Waals surface area contributed by atoms with Gasteiger partial charge in [0.2, 0.25) is 0 Å². The summed E-state index contributed by atoms with van der Waals surface area (Å²) in [5, 5.41) is 25.7. The number of hydrogen-bond acceptors (Lipinski definition) is 7. The van der Waals surface area contributed by atoms with Crippen LogP contribution in [0.25, 0.3) is 0 Å². The molecule has 4 N–H and O–H groups in total. The Morgan fingerprint density at radius 3 is 1.88 bits per heavy atom. The van der Waals surface area contributed by atoms with Gasteiger partial charge in [-0.3, -0.25) is 0 Å². The number of nitrogen functional groups attached to an aromatic ring is 2. The number of azo groups is 1. The van der Waals surface area contributed by atoms with E-state index in [0.717, 1.165) is 28.4 Å². The van der Waals surface area contributed by atoms with Gasteiger partial charge in [-0.2, -0.15) is 20.8 Å². The molecule has 0 bridgehead atoms. The number of hydrogen-bond donors (Lipinski definition) is 2. The van der Waals surface area contributed by atoms with Crippen LogP contribution in [0.15, 0.2) is 64.8 Å². The standard InChI is InChI=1S/C12H11N3.C7H5N3S/c13-10-6-8-12(9-7-10)15-14-11-4-2-1-3-5-11;1-4-5(2-8)7(10)11-6(4)3-9/h1-9H,13H2;10H2,1H3. The molecule has 7 heteroatoms. The zero-order valence-corrected chi connectivity index (χ0v) is 14.9. The Hall–Kier alpha value is -3.68. The molecule has 0 atom stereocenters. The third-order valence-electron chi connectivity index (χ3n) is 3.32. The van der Waals surface area contributed by atoms with Crippen LogP contribution in [0.4, 0.5) is 22.1 Å². The van der Waals surface area contributed by atoms with Crippen molar-refractivity contribution < 1.29 is 0 Å². The summed E-state index contributed by atoms with van der Waals surface area (Å²) in [5.41, 5.74) is 14.5. The predicted molar refractivity (Wildman–Crippen MR) is 104 cm³/mol. The molecule has 0 spiro atoms. The fraction of sp³-hybridized carbons (Fsp3) is 0.0526. The van der Waals surface area contributed by atoms with Gasteiger partial charge in [-0.1, -0.05) is 18.2 Å². The van der Waals surface area contributed by atoms with Crippen molar-refractivity contribution in [2.45, 2.75) is 6.92 Å². The zero-order chi connectivity index (χ0) is 18.9. The monoisotopic (exact) mass is 360 g/mol. The maximum atomic E-state index is 8.58. The molecule has 1 heterocycles. The van der Waals surface area contributed by atoms with Crippen LogP contribution in [0.5, 0.6) is 0 Å². The minimum Gasteiger partial charge on any atom is -0.399 e. The molecule has 1 aromatic heterocycles. The topological polar surface area (TPSA) is 124 Å². The van der Waals surface area contributed by atoms with Crippen LogP contribution in [-0.4, -0.2) is 0 Å². The van der Waals surface area contributed by atoms with Gasteiger partial charge in [-0.15, -0.1) is 11.3 Å². The summed E-state index contributed by atoms with van der Waals surface area (Å²) in [4.78, 5) is 0.527. The quantitative estimate of drug-likeness (QED) is 0.489. The average molecular weight is 360 g/mol. The second-order valence-electron chi connectivity index (χ2n) is 5.15. The number of thiophene rings is 1. The first-order valence-corrected chi connectivity index (χ1v) is 8.38. The molecule has 0 fully saturated rings. The minimum absolute atomic E-state index is 0.432. The van der Waals surface area contributed by atoms with Crippen LogP contribution >= 0.6 is 11.3 Å². The molecule has 0 radical (unpaired) electrons. The first kappa shape index (κ1) is 18.7. The summed E-state index contributed by atoms with van der Waals surface area (Å²) in [6.07, 6.45) is 0. The first-order chi connectivity index (χ1) is 12.5. The van der Waals surface area contributed by atoms with Gasteiger partial charge in [0, 0.05) is 5.69 Å². The molecule has 2 aromatic carbocycles. The zero-order valence-electron chi connectivity index (χ0n) is 14.0. The highest BCUT2D eigenvalue weighted by Gasteiger charge is 2.10. The normalized spacial score (nSPS) is 9.81. The van der Waals surface area contributed by atoms with Crippen LogP contribution in [-0.2, 0) is 0 Å². The van der Waals surface area contributed by atoms with E-state index in [4.69, 9.17) is 22.0 Å². The Morgan fingerprint density at radius 1 is 0.846 bits per heavy atom. The van der Waals surface area contributed by atoms with Gasteiger partial charge in [-0.05, 0) is 48.9 Å². The van der Waals surface area contributed by atoms with E-state index in [-0.39, 0.29) is 0 Å². The van der Waals surface area contributed by atoms with Gasteiger partial charge >= 0.3 is 0 Å². The van der Waals surface area contributed by atoms with E-state index in [9.17, 15) is 0 Å². The van der Waals surface area contributed by atoms with Crippen LogP contribution in [0.1, 0.15) is 16.0 Å². The van der Waals surface area contributed by atoms with Crippen LogP contribution in [0.3, 0.4) is 0 Å². The molecule has 0 aliphatic heterocycles. The van der Waals surface area contributed by atoms with Crippen molar-refractivity contribution >= 4 is 33.4 Å². The Bertz CT molecular complexity index is 976. The highest BCUT2D eigenvalue weighted by Crippen LogP contribution is 2.28. The third kappa shape index (κ3) is 4.91. The van der Waals surface area contributed by atoms with Gasteiger partial charge < -0.3 is 11.5 Å². The predicted octanol–water partition coefficient (Wildman–Crippen LogP) is 5.07. The van der Waals surface area contributed by atoms with Gasteiger partial charge in [0.25, 0.3) is 0 Å². The van der Waals surface area contributed by atoms with Crippen LogP contribution in [0.2, 0.25) is 0 Å². The van der Waals surface area contributed by atoms with Crippen molar-refractivity contribution in [2.75, 3.05) is 11.5 Å². The van der Waals surface area contributed by atoms with Gasteiger partial charge in [0.1, 0.15) is 22.0 Å². The van der Waals surface area contributed by atoms with Crippen LogP contribution < -0.4 is 11.5 Å². The van der Waals surface area contributed by atoms with Gasteiger partial charge in [0.05, 0.1) is 16.9 Å². The second kappa shape index (κ2) is 8.97. The number of nitriles is 2. The van der Waals surface area contributed by atoms with Crippen molar-refractivity contribution in [1.29, 1.82) is 10.5 Å². The molecule has 0 saturated carbocycles. The Kier molecular flexibility index (Phi) is 6.44. The second-order valence-corrected chi connectivity index (χ2v) is 6.20. The SMILES string of the molecule is Cc1c(C#N)sc(N)c1C#N.Nc1ccc(N=Nc2ccccc2)cc1. The Balaban J connectivity index is 0.000000197. The van der Waals surface area contributed by atoms with E-state index in [2.05, 4.69) is 10.2 Å². The smallest absolute Gasteiger partial charge is 0.111 e. The van der Waals surface area contributed by atoms with E-state index in [0.29, 0.717) is 21.0 Å². The number of rotatable bonds is 2. The number of anilines is 2. The maximum Gasteiger partial charge on any atom is 0.111 e. The molecular formula is C19H16N6S. The maximum absolute atomic E-state index is 8.58. The van der Waals surface area contributed by atoms with Crippen molar-refractivity contribution in [3.8, 4) is 12.1 Å². The van der Waals surface area contributed by atoms with E-state index in [1.807, 2.05) is 54.6 Å². The summed E-state index contributed by atoms with van der Waals surface area (Å²) in [5.74, 6) is 0. The fourth-order valence-electron chi connectivity index (χ4n) is 1.93. The lowest BCUT2D eigenvalue weighted by Gasteiger charge is -1.93. The highest BCUT2D eigenvalue weighted by molar-refractivity contribution is 7.16. The third-order valence-corrected chi connectivity index (χ3v) is 4.34. The lowest BCUT2D eigenvalue weighted by molar-refractivity contribution is 1.23. The lowest BCUT2D eigenvalue weighted by atomic mass is 10.2. The Morgan fingerprint density at radius 2 is 1.42 bits per heavy atom. The average Bonchev–Trinajstić information content (AvgIpc) is 2.95. The molecule has 0 aliphatic carbocycles. The number of nitrogens with two attached hydrogens (primary N) is 2. The van der Waals surface area contributed by atoms with Crippen molar-refractivity contribution in [3.05, 3.63) is 70.6 Å². The first-order valence-electron chi connectivity index (χ1n) is 7.56. The summed E-state index contributed by atoms with van der Waals surface area (Å²) in [6.45, 7) is 1.73. The summed E-state index contributed by atoms with van der Waals surface area (Å²) in [7, 11) is 0. The van der Waals surface area contributed by atoms with E-state index >= 15 is 0 Å². The number of nitrogens with zero attached hydrogens (tertiary/aromatic N) is 4. The van der Waals surface area contributed by atoms with E-state index in [1.165, 1.54) is 0 Å². The molecule has 3 rings (SSSR count). The molecule has 0 unspecified atom stereocenters. The fourth-order valence-corrected chi connectivity index (χ4v) is 2.75. The minimum atomic E-state index is 0.432. The molecule has 3 aromatic rings. The molecule has 0 aliphatic rings. The largest absolute Gasteiger partial charge is 0.399 e. The van der Waals surface area contributed by atoms with Crippen molar-refractivity contribution in [3.63, 3.8) is 0 Å². The van der Waals surface area contributed by atoms with Crippen LogP contribution in [0, 0.1) is 29.6 Å². The molecule has 6 nitrogen and oxygen atoms in total. The van der Waals surface area contributed by atoms with E-state index < -0.39 is 0 Å². The lowest BCUT2D eigenvalue weighted by Crippen LogP contribution is -1.83. The molecule has 26 heavy (non-hydrogen) atoms. The number of benzene rings is 2. The summed E-state index contributed by atoms with van der Waals surface area (Å²) >= 11 is 1.16. The Labute approximate surface area is 155 Å².